The minimum absolute atomic E-state index is 0.0532. The van der Waals surface area contributed by atoms with Crippen molar-refractivity contribution in [2.24, 2.45) is 0 Å². The second kappa shape index (κ2) is 14.9. The third-order valence-corrected chi connectivity index (χ3v) is 7.85. The molecule has 1 amide bonds. The van der Waals surface area contributed by atoms with Crippen LogP contribution in [0.25, 0.3) is 10.2 Å². The number of nitrogens with one attached hydrogen (secondary N) is 3. The number of carbonyl (C=O) groups excluding carboxylic acids is 1. The predicted octanol–water partition coefficient (Wildman–Crippen LogP) is 7.50. The third-order valence-electron chi connectivity index (χ3n) is 6.16. The van der Waals surface area contributed by atoms with Crippen LogP contribution in [0.4, 0.5) is 17.3 Å². The van der Waals surface area contributed by atoms with Gasteiger partial charge in [0.1, 0.15) is 23.8 Å². The highest BCUT2D eigenvalue weighted by Crippen LogP contribution is 2.31. The Labute approximate surface area is 231 Å². The van der Waals surface area contributed by atoms with Crippen molar-refractivity contribution in [3.8, 4) is 5.75 Å². The molecular formula is C25H33IN5O3PS. The van der Waals surface area contributed by atoms with Crippen LogP contribution in [0.3, 0.4) is 0 Å². The average molecular weight is 642 g/mol. The van der Waals surface area contributed by atoms with Gasteiger partial charge in [0, 0.05) is 24.2 Å². The first-order valence-corrected chi connectivity index (χ1v) is 17.4. The van der Waals surface area contributed by atoms with Crippen molar-refractivity contribution in [1.82, 2.24) is 15.4 Å². The van der Waals surface area contributed by atoms with Gasteiger partial charge in [-0.1, -0.05) is 32.1 Å². The monoisotopic (exact) mass is 641 g/mol. The Bertz CT molecular complexity index is 1090. The average Bonchev–Trinajstić information content (AvgIpc) is 3.37. The van der Waals surface area contributed by atoms with Gasteiger partial charge in [-0.3, -0.25) is 4.79 Å². The number of halogens is 1. The number of ether oxygens (including phenoxy) is 1. The molecule has 2 heterocycles. The quantitative estimate of drug-likeness (QED) is 0.0726. The fraction of sp³-hybridized carbons (Fsp3) is 0.480. The molecule has 1 unspecified atom stereocenters. The maximum atomic E-state index is 11.5. The van der Waals surface area contributed by atoms with E-state index in [1.165, 1.54) is 32.1 Å². The number of nitrogens with zero attached hydrogens (tertiary/aromatic N) is 2. The number of aromatic nitrogens is 2. The number of thiazole rings is 1. The van der Waals surface area contributed by atoms with E-state index in [9.17, 15) is 4.79 Å². The normalized spacial score (nSPS) is 14.4. The summed E-state index contributed by atoms with van der Waals surface area (Å²) >= 11 is 3.70. The van der Waals surface area contributed by atoms with Crippen molar-refractivity contribution in [2.45, 2.75) is 70.3 Å². The molecule has 2 aromatic heterocycles. The summed E-state index contributed by atoms with van der Waals surface area (Å²) in [6.07, 6.45) is 10.6. The molecule has 194 valence electrons. The van der Waals surface area contributed by atoms with E-state index in [0.717, 1.165) is 59.0 Å². The molecule has 8 nitrogen and oxygen atoms in total. The Balaban J connectivity index is 1.22. The van der Waals surface area contributed by atoms with Crippen LogP contribution < -0.4 is 20.9 Å². The molecule has 0 spiro atoms. The number of amides is 1. The summed E-state index contributed by atoms with van der Waals surface area (Å²) < 4.78 is 11.9. The number of hydrogen-bond donors (Lipinski definition) is 3. The van der Waals surface area contributed by atoms with Crippen molar-refractivity contribution < 1.29 is 14.2 Å². The number of fused-ring (bicyclic) bond motifs is 1. The van der Waals surface area contributed by atoms with E-state index < -0.39 is 0 Å². The van der Waals surface area contributed by atoms with Crippen molar-refractivity contribution >= 4 is 73.3 Å². The number of unbranched alkanes of at least 4 members (excludes halogenated alkanes) is 3. The molecule has 11 heteroatoms. The molecule has 1 aliphatic carbocycles. The Morgan fingerprint density at radius 3 is 2.72 bits per heavy atom. The van der Waals surface area contributed by atoms with Gasteiger partial charge < -0.3 is 15.4 Å². The van der Waals surface area contributed by atoms with E-state index in [1.807, 2.05) is 35.8 Å². The molecule has 0 radical (unpaired) electrons. The summed E-state index contributed by atoms with van der Waals surface area (Å²) in [5.74, 6) is 2.51. The fourth-order valence-electron chi connectivity index (χ4n) is 4.31. The Morgan fingerprint density at radius 2 is 1.92 bits per heavy atom. The lowest BCUT2D eigenvalue weighted by Gasteiger charge is -2.23. The van der Waals surface area contributed by atoms with E-state index in [4.69, 9.17) is 14.3 Å². The standard InChI is InChI=1S/C25H33IN5O3PS/c26-35-34-31-23(32)10-6-1-2-7-15-33-20-13-11-19(12-14-20)28-22-16-21-24(36-17-27-21)25(30-22)29-18-8-4-3-5-9-18/h11-14,16-18,35H,1-10,15H2,(H,31,32)(H2,28,29,30). The summed E-state index contributed by atoms with van der Waals surface area (Å²) in [6, 6.07) is 10.5. The lowest BCUT2D eigenvalue weighted by atomic mass is 9.95. The molecule has 1 saturated carbocycles. The van der Waals surface area contributed by atoms with Gasteiger partial charge in [-0.2, -0.15) is 0 Å². The lowest BCUT2D eigenvalue weighted by Crippen LogP contribution is -2.23. The van der Waals surface area contributed by atoms with Gasteiger partial charge in [0.25, 0.3) is 0 Å². The van der Waals surface area contributed by atoms with Crippen LogP contribution >= 0.6 is 39.8 Å². The molecule has 0 bridgehead atoms. The fourth-order valence-corrected chi connectivity index (χ4v) is 5.51. The minimum Gasteiger partial charge on any atom is -0.494 e. The number of benzene rings is 1. The highest BCUT2D eigenvalue weighted by Gasteiger charge is 2.16. The van der Waals surface area contributed by atoms with E-state index >= 15 is 0 Å². The number of hydroxylamine groups is 1. The first kappa shape index (κ1) is 27.3. The van der Waals surface area contributed by atoms with Crippen molar-refractivity contribution in [1.29, 1.82) is 0 Å². The van der Waals surface area contributed by atoms with E-state index in [2.05, 4.69) is 43.1 Å². The largest absolute Gasteiger partial charge is 0.494 e. The zero-order chi connectivity index (χ0) is 25.0. The third kappa shape index (κ3) is 8.68. The van der Waals surface area contributed by atoms with Gasteiger partial charge >= 0.3 is 0 Å². The Hall–Kier alpha value is -1.75. The molecule has 0 saturated heterocycles. The second-order valence-electron chi connectivity index (χ2n) is 8.90. The number of hydrogen-bond acceptors (Lipinski definition) is 8. The van der Waals surface area contributed by atoms with Crippen LogP contribution in [0.5, 0.6) is 5.75 Å². The first-order chi connectivity index (χ1) is 17.7. The molecule has 1 aliphatic rings. The summed E-state index contributed by atoms with van der Waals surface area (Å²) in [7, 11) is 0. The van der Waals surface area contributed by atoms with E-state index in [1.54, 1.807) is 11.3 Å². The minimum atomic E-state index is -0.0532. The smallest absolute Gasteiger partial charge is 0.243 e. The molecule has 36 heavy (non-hydrogen) atoms. The Kier molecular flexibility index (Phi) is 11.3. The van der Waals surface area contributed by atoms with Gasteiger partial charge in [0.15, 0.2) is 0 Å². The molecule has 3 N–H and O–H groups in total. The highest BCUT2D eigenvalue weighted by atomic mass is 127. The van der Waals surface area contributed by atoms with Crippen molar-refractivity contribution in [3.63, 3.8) is 0 Å². The molecule has 1 fully saturated rings. The predicted molar refractivity (Wildman–Crippen MR) is 158 cm³/mol. The molecular weight excluding hydrogens is 608 g/mol. The number of anilines is 3. The first-order valence-electron chi connectivity index (χ1n) is 12.5. The van der Waals surface area contributed by atoms with Gasteiger partial charge in [-0.25, -0.2) is 20.1 Å². The SMILES string of the molecule is O=C(CCCCCCOc1ccc(Nc2cc3ncsc3c(NC3CCCCC3)n2)cc1)NOPI. The van der Waals surface area contributed by atoms with Crippen LogP contribution in [-0.2, 0) is 9.42 Å². The van der Waals surface area contributed by atoms with Gasteiger partial charge in [-0.05, 0) is 72.0 Å². The summed E-state index contributed by atoms with van der Waals surface area (Å²) in [6.45, 7) is 0.903. The van der Waals surface area contributed by atoms with Crippen LogP contribution in [0.2, 0.25) is 0 Å². The van der Waals surface area contributed by atoms with E-state index in [0.29, 0.717) is 19.1 Å². The molecule has 3 aromatic rings. The molecule has 4 rings (SSSR count). The van der Waals surface area contributed by atoms with Crippen molar-refractivity contribution in [3.05, 3.63) is 35.8 Å². The maximum absolute atomic E-state index is 11.5. The van der Waals surface area contributed by atoms with Gasteiger partial charge in [0.2, 0.25) is 5.91 Å². The zero-order valence-electron chi connectivity index (χ0n) is 20.2. The summed E-state index contributed by atoms with van der Waals surface area (Å²) in [4.78, 5) is 20.9. The maximum Gasteiger partial charge on any atom is 0.243 e. The molecule has 0 aliphatic heterocycles. The van der Waals surface area contributed by atoms with Crippen molar-refractivity contribution in [2.75, 3.05) is 17.2 Å². The number of pyridine rings is 1. The molecule has 1 atom stereocenters. The number of carbonyl (C=O) groups is 1. The van der Waals surface area contributed by atoms with Crippen LogP contribution in [0.1, 0.15) is 64.2 Å². The molecule has 1 aromatic carbocycles. The lowest BCUT2D eigenvalue weighted by molar-refractivity contribution is -0.127. The van der Waals surface area contributed by atoms with Gasteiger partial charge in [-0.15, -0.1) is 11.3 Å². The van der Waals surface area contributed by atoms with E-state index in [-0.39, 0.29) is 12.4 Å². The second-order valence-corrected chi connectivity index (χ2v) is 11.4. The summed E-state index contributed by atoms with van der Waals surface area (Å²) in [5, 5.41) is 7.09. The van der Waals surface area contributed by atoms with Crippen LogP contribution in [0, 0.1) is 0 Å². The van der Waals surface area contributed by atoms with Gasteiger partial charge in [0.05, 0.1) is 22.3 Å². The topological polar surface area (TPSA) is 97.4 Å². The van der Waals surface area contributed by atoms with Crippen LogP contribution in [0.15, 0.2) is 35.8 Å². The highest BCUT2D eigenvalue weighted by molar-refractivity contribution is 14.2. The van der Waals surface area contributed by atoms with Crippen LogP contribution in [-0.4, -0.2) is 28.5 Å². The summed E-state index contributed by atoms with van der Waals surface area (Å²) in [5.41, 5.74) is 6.23. The Morgan fingerprint density at radius 1 is 1.11 bits per heavy atom. The zero-order valence-corrected chi connectivity index (χ0v) is 24.2. The number of rotatable bonds is 14.